The summed E-state index contributed by atoms with van der Waals surface area (Å²) in [6.07, 6.45) is 0.545. The quantitative estimate of drug-likeness (QED) is 0.322. The SMILES string of the molecule is CC(C)(c1cccc(Cc2cc(CO)c(O)c(CO)c2)c1)c1cc(CO)c(O)c(CO)c1. The van der Waals surface area contributed by atoms with E-state index in [4.69, 9.17) is 0 Å². The third-order valence-corrected chi connectivity index (χ3v) is 6.06. The fraction of sp³-hybridized carbons (Fsp3) is 0.308. The summed E-state index contributed by atoms with van der Waals surface area (Å²) in [6.45, 7) is 2.78. The second-order valence-electron chi connectivity index (χ2n) is 8.54. The Morgan fingerprint density at radius 1 is 0.594 bits per heavy atom. The number of hydrogen-bond acceptors (Lipinski definition) is 6. The van der Waals surface area contributed by atoms with Crippen LogP contribution in [0.2, 0.25) is 0 Å². The summed E-state index contributed by atoms with van der Waals surface area (Å²) >= 11 is 0. The molecule has 6 N–H and O–H groups in total. The van der Waals surface area contributed by atoms with Crippen molar-refractivity contribution >= 4 is 0 Å². The zero-order valence-electron chi connectivity index (χ0n) is 18.3. The fourth-order valence-corrected chi connectivity index (χ4v) is 4.01. The van der Waals surface area contributed by atoms with E-state index in [2.05, 4.69) is 6.07 Å². The minimum atomic E-state index is -0.473. The lowest BCUT2D eigenvalue weighted by Gasteiger charge is -2.28. The van der Waals surface area contributed by atoms with Crippen molar-refractivity contribution in [1.82, 2.24) is 0 Å². The van der Waals surface area contributed by atoms with Gasteiger partial charge in [-0.1, -0.05) is 38.1 Å². The number of phenols is 2. The van der Waals surface area contributed by atoms with Crippen LogP contribution in [0.4, 0.5) is 0 Å². The smallest absolute Gasteiger partial charge is 0.126 e. The topological polar surface area (TPSA) is 121 Å². The minimum absolute atomic E-state index is 0.0830. The maximum atomic E-state index is 10.2. The first kappa shape index (κ1) is 23.8. The molecule has 0 heterocycles. The van der Waals surface area contributed by atoms with Crippen molar-refractivity contribution in [2.24, 2.45) is 0 Å². The van der Waals surface area contributed by atoms with Crippen LogP contribution in [0.5, 0.6) is 11.5 Å². The van der Waals surface area contributed by atoms with Gasteiger partial charge in [0, 0.05) is 27.7 Å². The molecule has 6 heteroatoms. The summed E-state index contributed by atoms with van der Waals surface area (Å²) < 4.78 is 0. The summed E-state index contributed by atoms with van der Waals surface area (Å²) in [5.41, 5.74) is 4.76. The highest BCUT2D eigenvalue weighted by Gasteiger charge is 2.26. The highest BCUT2D eigenvalue weighted by molar-refractivity contribution is 5.49. The molecule has 3 aromatic rings. The molecule has 0 fully saturated rings. The highest BCUT2D eigenvalue weighted by atomic mass is 16.3. The standard InChI is InChI=1S/C26H30O6/c1-26(2,23-10-20(14-29)25(32)21(11-23)15-30)22-5-3-4-16(9-22)6-17-7-18(12-27)24(31)19(8-17)13-28/h3-5,7-11,27-32H,6,12-15H2,1-2H3. The van der Waals surface area contributed by atoms with Gasteiger partial charge in [-0.05, 0) is 52.9 Å². The van der Waals surface area contributed by atoms with Crippen molar-refractivity contribution in [2.75, 3.05) is 0 Å². The van der Waals surface area contributed by atoms with Crippen LogP contribution in [0.3, 0.4) is 0 Å². The van der Waals surface area contributed by atoms with Crippen LogP contribution in [0, 0.1) is 0 Å². The van der Waals surface area contributed by atoms with Crippen LogP contribution >= 0.6 is 0 Å². The lowest BCUT2D eigenvalue weighted by Crippen LogP contribution is -2.20. The van der Waals surface area contributed by atoms with Gasteiger partial charge in [-0.3, -0.25) is 0 Å². The van der Waals surface area contributed by atoms with E-state index in [1.165, 1.54) is 0 Å². The first-order valence-corrected chi connectivity index (χ1v) is 10.5. The molecule has 0 saturated heterocycles. The van der Waals surface area contributed by atoms with Crippen LogP contribution in [0.1, 0.15) is 58.4 Å². The van der Waals surface area contributed by atoms with Gasteiger partial charge in [0.15, 0.2) is 0 Å². The molecule has 0 saturated carbocycles. The number of rotatable bonds is 8. The van der Waals surface area contributed by atoms with Gasteiger partial charge in [0.1, 0.15) is 11.5 Å². The van der Waals surface area contributed by atoms with E-state index in [0.717, 1.165) is 22.3 Å². The number of aliphatic hydroxyl groups is 4. The van der Waals surface area contributed by atoms with Crippen LogP contribution in [-0.4, -0.2) is 30.6 Å². The molecule has 0 aliphatic rings. The van der Waals surface area contributed by atoms with E-state index in [9.17, 15) is 30.6 Å². The third-order valence-electron chi connectivity index (χ3n) is 6.06. The maximum absolute atomic E-state index is 10.2. The summed E-state index contributed by atoms with van der Waals surface area (Å²) in [5.74, 6) is -0.171. The minimum Gasteiger partial charge on any atom is -0.507 e. The molecular formula is C26H30O6. The van der Waals surface area contributed by atoms with Gasteiger partial charge in [0.05, 0.1) is 26.4 Å². The van der Waals surface area contributed by atoms with Crippen molar-refractivity contribution in [3.8, 4) is 11.5 Å². The molecule has 0 aliphatic heterocycles. The third kappa shape index (κ3) is 4.64. The van der Waals surface area contributed by atoms with Gasteiger partial charge < -0.3 is 30.6 Å². The molecule has 0 atom stereocenters. The van der Waals surface area contributed by atoms with Crippen molar-refractivity contribution < 1.29 is 30.6 Å². The van der Waals surface area contributed by atoms with Crippen LogP contribution in [0.25, 0.3) is 0 Å². The summed E-state index contributed by atoms with van der Waals surface area (Å²) in [6, 6.07) is 15.0. The average Bonchev–Trinajstić information content (AvgIpc) is 2.80. The predicted molar refractivity (Wildman–Crippen MR) is 121 cm³/mol. The Kier molecular flexibility index (Phi) is 7.21. The molecule has 0 aliphatic carbocycles. The largest absolute Gasteiger partial charge is 0.507 e. The molecule has 0 radical (unpaired) electrons. The molecule has 3 rings (SSSR count). The van der Waals surface area contributed by atoms with E-state index in [1.807, 2.05) is 32.0 Å². The second kappa shape index (κ2) is 9.71. The van der Waals surface area contributed by atoms with Gasteiger partial charge in [0.2, 0.25) is 0 Å². The van der Waals surface area contributed by atoms with Gasteiger partial charge in [-0.15, -0.1) is 0 Å². The summed E-state index contributed by atoms with van der Waals surface area (Å²) in [5, 5.41) is 58.5. The molecule has 3 aromatic carbocycles. The summed E-state index contributed by atoms with van der Waals surface area (Å²) in [7, 11) is 0. The Labute approximate surface area is 187 Å². The molecule has 0 aromatic heterocycles. The molecule has 0 amide bonds. The Morgan fingerprint density at radius 3 is 1.53 bits per heavy atom. The molecule has 170 valence electrons. The van der Waals surface area contributed by atoms with Crippen molar-refractivity contribution in [3.63, 3.8) is 0 Å². The van der Waals surface area contributed by atoms with E-state index in [-0.39, 0.29) is 37.9 Å². The highest BCUT2D eigenvalue weighted by Crippen LogP contribution is 2.36. The number of aliphatic hydroxyl groups excluding tert-OH is 4. The van der Waals surface area contributed by atoms with Crippen LogP contribution < -0.4 is 0 Å². The van der Waals surface area contributed by atoms with E-state index < -0.39 is 5.41 Å². The van der Waals surface area contributed by atoms with Gasteiger partial charge in [-0.25, -0.2) is 0 Å². The molecule has 0 spiro atoms. The Balaban J connectivity index is 1.99. The fourth-order valence-electron chi connectivity index (χ4n) is 4.01. The zero-order valence-corrected chi connectivity index (χ0v) is 18.3. The van der Waals surface area contributed by atoms with E-state index >= 15 is 0 Å². The van der Waals surface area contributed by atoms with Crippen LogP contribution in [0.15, 0.2) is 48.5 Å². The number of aromatic hydroxyl groups is 2. The molecule has 0 bridgehead atoms. The number of benzene rings is 3. The first-order valence-electron chi connectivity index (χ1n) is 10.5. The van der Waals surface area contributed by atoms with Crippen molar-refractivity contribution in [2.45, 2.75) is 52.1 Å². The molecule has 0 unspecified atom stereocenters. The van der Waals surface area contributed by atoms with Gasteiger partial charge in [-0.2, -0.15) is 0 Å². The predicted octanol–water partition coefficient (Wildman–Crippen LogP) is 2.98. The second-order valence-corrected chi connectivity index (χ2v) is 8.54. The van der Waals surface area contributed by atoms with E-state index in [1.54, 1.807) is 24.3 Å². The maximum Gasteiger partial charge on any atom is 0.126 e. The van der Waals surface area contributed by atoms with Gasteiger partial charge in [0.25, 0.3) is 0 Å². The monoisotopic (exact) mass is 438 g/mol. The van der Waals surface area contributed by atoms with Crippen molar-refractivity contribution in [1.29, 1.82) is 0 Å². The van der Waals surface area contributed by atoms with Crippen LogP contribution in [-0.2, 0) is 38.3 Å². The van der Waals surface area contributed by atoms with Gasteiger partial charge >= 0.3 is 0 Å². The zero-order chi connectivity index (χ0) is 23.5. The summed E-state index contributed by atoms with van der Waals surface area (Å²) in [4.78, 5) is 0. The number of hydrogen-bond donors (Lipinski definition) is 6. The van der Waals surface area contributed by atoms with Crippen molar-refractivity contribution in [3.05, 3.63) is 93.0 Å². The Morgan fingerprint density at radius 2 is 1.06 bits per heavy atom. The normalized spacial score (nSPS) is 11.7. The lowest BCUT2D eigenvalue weighted by atomic mass is 9.76. The Hall–Kier alpha value is -2.90. The molecular weight excluding hydrogens is 408 g/mol. The lowest BCUT2D eigenvalue weighted by molar-refractivity contribution is 0.262. The molecule has 6 nitrogen and oxygen atoms in total. The Bertz CT molecular complexity index is 1050. The van der Waals surface area contributed by atoms with E-state index in [0.29, 0.717) is 28.7 Å². The average molecular weight is 439 g/mol. The molecule has 32 heavy (non-hydrogen) atoms. The first-order chi connectivity index (χ1) is 15.2.